The van der Waals surface area contributed by atoms with E-state index in [0.717, 1.165) is 50.4 Å². The molecular weight excluding hydrogens is 554 g/mol. The van der Waals surface area contributed by atoms with Gasteiger partial charge in [-0.15, -0.1) is 0 Å². The fourth-order valence-electron chi connectivity index (χ4n) is 5.85. The average Bonchev–Trinajstić information content (AvgIpc) is 3.45. The van der Waals surface area contributed by atoms with E-state index in [2.05, 4.69) is 26.5 Å². The maximum absolute atomic E-state index is 15.7. The highest BCUT2D eigenvalue weighted by molar-refractivity contribution is 7.89. The maximum atomic E-state index is 15.7. The number of fused-ring (bicyclic) bond motifs is 1. The number of aryl methyl sites for hydroxylation is 1. The summed E-state index contributed by atoms with van der Waals surface area (Å²) < 4.78 is 67.8. The van der Waals surface area contributed by atoms with Gasteiger partial charge in [0.2, 0.25) is 16.0 Å². The van der Waals surface area contributed by atoms with E-state index in [4.69, 9.17) is 4.74 Å². The second-order valence-corrected chi connectivity index (χ2v) is 12.9. The van der Waals surface area contributed by atoms with E-state index in [1.807, 2.05) is 12.4 Å². The maximum Gasteiger partial charge on any atom is 0.306 e. The van der Waals surface area contributed by atoms with Gasteiger partial charge in [-0.05, 0) is 48.8 Å². The molecule has 3 aliphatic rings. The molecule has 0 saturated carbocycles. The van der Waals surface area contributed by atoms with Gasteiger partial charge in [0.15, 0.2) is 11.6 Å². The van der Waals surface area contributed by atoms with Crippen LogP contribution in [0.15, 0.2) is 24.5 Å². The van der Waals surface area contributed by atoms with Gasteiger partial charge < -0.3 is 14.4 Å². The first-order valence-electron chi connectivity index (χ1n) is 14.2. The van der Waals surface area contributed by atoms with Crippen molar-refractivity contribution in [3.63, 3.8) is 0 Å². The molecule has 9 nitrogen and oxygen atoms in total. The van der Waals surface area contributed by atoms with Crippen LogP contribution in [0.3, 0.4) is 0 Å². The van der Waals surface area contributed by atoms with Crippen molar-refractivity contribution in [2.75, 3.05) is 43.9 Å². The van der Waals surface area contributed by atoms with E-state index in [9.17, 15) is 13.2 Å². The predicted octanol–water partition coefficient (Wildman–Crippen LogP) is 3.91. The van der Waals surface area contributed by atoms with Gasteiger partial charge >= 0.3 is 5.97 Å². The summed E-state index contributed by atoms with van der Waals surface area (Å²) in [4.78, 5) is 22.5. The van der Waals surface area contributed by atoms with Gasteiger partial charge in [0, 0.05) is 56.1 Å². The molecule has 222 valence electrons. The number of hydrogen-bond acceptors (Lipinski definition) is 8. The number of anilines is 1. The molecule has 3 aliphatic heterocycles. The standard InChI is InChI=1S/C29H36F2N4O5S/c1-3-4-19-17-32-29(33-18-19)34-10-5-21(6-11-34)25-16-23-27(31)22(15-24(30)28(23)40-25)20-7-12-35(13-8-20)41(37,38)14-9-26(36)39-2/h7,15,17-18,21,25H,3-6,8-14,16H2,1-2H3. The highest BCUT2D eigenvalue weighted by Gasteiger charge is 2.38. The molecule has 5 rings (SSSR count). The number of piperidine rings is 1. The molecule has 2 aromatic rings. The van der Waals surface area contributed by atoms with Crippen LogP contribution < -0.4 is 9.64 Å². The van der Waals surface area contributed by atoms with E-state index in [0.29, 0.717) is 17.9 Å². The van der Waals surface area contributed by atoms with Crippen molar-refractivity contribution in [3.05, 3.63) is 52.9 Å². The monoisotopic (exact) mass is 590 g/mol. The molecular formula is C29H36F2N4O5S. The second kappa shape index (κ2) is 12.4. The van der Waals surface area contributed by atoms with Crippen LogP contribution in [0.4, 0.5) is 14.7 Å². The number of nitrogens with zero attached hydrogens (tertiary/aromatic N) is 4. The fourth-order valence-corrected chi connectivity index (χ4v) is 7.21. The highest BCUT2D eigenvalue weighted by atomic mass is 32.2. The summed E-state index contributed by atoms with van der Waals surface area (Å²) in [6.07, 6.45) is 8.95. The van der Waals surface area contributed by atoms with Crippen LogP contribution in [0.25, 0.3) is 5.57 Å². The molecule has 0 aliphatic carbocycles. The summed E-state index contributed by atoms with van der Waals surface area (Å²) in [5.41, 5.74) is 2.07. The Morgan fingerprint density at radius 1 is 1.17 bits per heavy atom. The molecule has 12 heteroatoms. The van der Waals surface area contributed by atoms with Crippen LogP contribution in [0.5, 0.6) is 5.75 Å². The van der Waals surface area contributed by atoms with Gasteiger partial charge in [-0.25, -0.2) is 27.2 Å². The fraction of sp³-hybridized carbons (Fsp3) is 0.552. The summed E-state index contributed by atoms with van der Waals surface area (Å²) in [7, 11) is -2.48. The first-order valence-corrected chi connectivity index (χ1v) is 15.8. The number of ether oxygens (including phenoxy) is 2. The topological polar surface area (TPSA) is 102 Å². The van der Waals surface area contributed by atoms with Crippen molar-refractivity contribution < 1.29 is 31.5 Å². The normalized spacial score (nSPS) is 20.0. The van der Waals surface area contributed by atoms with Crippen molar-refractivity contribution in [1.29, 1.82) is 0 Å². The Morgan fingerprint density at radius 3 is 2.54 bits per heavy atom. The third-order valence-electron chi connectivity index (χ3n) is 8.22. The second-order valence-electron chi connectivity index (χ2n) is 10.8. The van der Waals surface area contributed by atoms with Crippen LogP contribution in [-0.4, -0.2) is 73.8 Å². The Labute approximate surface area is 239 Å². The van der Waals surface area contributed by atoms with E-state index >= 15 is 8.78 Å². The summed E-state index contributed by atoms with van der Waals surface area (Å²) in [6.45, 7) is 3.76. The molecule has 1 fully saturated rings. The van der Waals surface area contributed by atoms with Crippen molar-refractivity contribution in [2.24, 2.45) is 5.92 Å². The number of esters is 1. The molecule has 1 aromatic carbocycles. The largest absolute Gasteiger partial charge is 0.486 e. The molecule has 41 heavy (non-hydrogen) atoms. The molecule has 0 radical (unpaired) electrons. The molecule has 1 saturated heterocycles. The lowest BCUT2D eigenvalue weighted by Crippen LogP contribution is -2.40. The highest BCUT2D eigenvalue weighted by Crippen LogP contribution is 2.42. The summed E-state index contributed by atoms with van der Waals surface area (Å²) in [5, 5.41) is 0. The Bertz CT molecular complexity index is 1410. The summed E-state index contributed by atoms with van der Waals surface area (Å²) >= 11 is 0. The third kappa shape index (κ3) is 6.38. The minimum atomic E-state index is -3.68. The number of halogens is 2. The Kier molecular flexibility index (Phi) is 8.88. The molecule has 0 N–H and O–H groups in total. The predicted molar refractivity (Wildman–Crippen MR) is 150 cm³/mol. The van der Waals surface area contributed by atoms with Crippen molar-refractivity contribution in [2.45, 2.75) is 58.0 Å². The lowest BCUT2D eigenvalue weighted by Gasteiger charge is -2.34. The first kappa shape index (κ1) is 29.4. The third-order valence-corrected chi connectivity index (χ3v) is 10.1. The number of aromatic nitrogens is 2. The zero-order valence-corrected chi connectivity index (χ0v) is 24.3. The van der Waals surface area contributed by atoms with Gasteiger partial charge in [-0.3, -0.25) is 4.79 Å². The number of rotatable bonds is 9. The molecule has 1 unspecified atom stereocenters. The number of carbonyl (C=O) groups is 1. The molecule has 1 aromatic heterocycles. The molecule has 0 spiro atoms. The summed E-state index contributed by atoms with van der Waals surface area (Å²) in [5.74, 6) is -1.23. The van der Waals surface area contributed by atoms with E-state index in [-0.39, 0.29) is 60.6 Å². The van der Waals surface area contributed by atoms with Crippen LogP contribution >= 0.6 is 0 Å². The number of sulfonamides is 1. The molecule has 0 amide bonds. The Balaban J connectivity index is 1.22. The van der Waals surface area contributed by atoms with Gasteiger partial charge in [0.1, 0.15) is 11.9 Å². The Hall–Kier alpha value is -3.12. The van der Waals surface area contributed by atoms with E-state index < -0.39 is 27.6 Å². The van der Waals surface area contributed by atoms with Crippen LogP contribution in [0.2, 0.25) is 0 Å². The minimum Gasteiger partial charge on any atom is -0.486 e. The van der Waals surface area contributed by atoms with Crippen molar-refractivity contribution >= 4 is 27.5 Å². The van der Waals surface area contributed by atoms with E-state index in [1.165, 1.54) is 11.4 Å². The molecule has 0 bridgehead atoms. The number of benzene rings is 1. The lowest BCUT2D eigenvalue weighted by atomic mass is 9.88. The van der Waals surface area contributed by atoms with Gasteiger partial charge in [0.25, 0.3) is 0 Å². The zero-order valence-electron chi connectivity index (χ0n) is 23.4. The average molecular weight is 591 g/mol. The number of carbonyl (C=O) groups excluding carboxylic acids is 1. The summed E-state index contributed by atoms with van der Waals surface area (Å²) in [6, 6.07) is 1.16. The van der Waals surface area contributed by atoms with Crippen molar-refractivity contribution in [1.82, 2.24) is 14.3 Å². The van der Waals surface area contributed by atoms with Gasteiger partial charge in [0.05, 0.1) is 19.3 Å². The van der Waals surface area contributed by atoms with Crippen LogP contribution in [0.1, 0.15) is 55.7 Å². The van der Waals surface area contributed by atoms with E-state index in [1.54, 1.807) is 6.08 Å². The number of hydrogen-bond donors (Lipinski definition) is 0. The van der Waals surface area contributed by atoms with Gasteiger partial charge in [-0.1, -0.05) is 19.4 Å². The zero-order chi connectivity index (χ0) is 29.1. The Morgan fingerprint density at radius 2 is 1.90 bits per heavy atom. The van der Waals surface area contributed by atoms with Gasteiger partial charge in [-0.2, -0.15) is 4.31 Å². The first-order chi connectivity index (χ1) is 19.7. The minimum absolute atomic E-state index is 0.0167. The lowest BCUT2D eigenvalue weighted by molar-refractivity contribution is -0.140. The number of methoxy groups -OCH3 is 1. The molecule has 4 heterocycles. The smallest absolute Gasteiger partial charge is 0.306 e. The quantitative estimate of drug-likeness (QED) is 0.406. The van der Waals surface area contributed by atoms with Crippen LogP contribution in [0, 0.1) is 17.6 Å². The van der Waals surface area contributed by atoms with Crippen molar-refractivity contribution in [3.8, 4) is 5.75 Å². The molecule has 1 atom stereocenters. The van der Waals surface area contributed by atoms with Crippen LogP contribution in [-0.2, 0) is 32.4 Å². The SMILES string of the molecule is CCCc1cnc(N2CCC(C3Cc4c(F)c(C5=CCN(S(=O)(=O)CCC(=O)OC)CC5)cc(F)c4O3)CC2)nc1.